The molecule has 28 heavy (non-hydrogen) atoms. The Morgan fingerprint density at radius 3 is 2.29 bits per heavy atom. The molecule has 3 rings (SSSR count). The maximum Gasteiger partial charge on any atom is 0.166 e. The normalized spacial score (nSPS) is 11.4. The van der Waals surface area contributed by atoms with E-state index in [1.807, 2.05) is 36.4 Å². The average molecular weight is 402 g/mol. The molecule has 148 valence electrons. The molecule has 3 aromatic rings. The Labute approximate surface area is 171 Å². The molecule has 0 aliphatic rings. The Morgan fingerprint density at radius 1 is 0.893 bits per heavy atom. The van der Waals surface area contributed by atoms with Crippen LogP contribution in [0.4, 0.5) is 4.39 Å². The number of halogens is 2. The first kappa shape index (κ1) is 21.7. The lowest BCUT2D eigenvalue weighted by molar-refractivity contribution is 0.275. The standard InChI is InChI=1S/C23H24FNO2.ClH/c1-17(18-9-4-3-5-10-18)25-15-19-12-8-14-22(26-2)23(19)27-16-20-11-6-7-13-21(20)24;/h3-14,17,25H,15-16H2,1-2H3;1H. The molecule has 5 heteroatoms. The zero-order valence-electron chi connectivity index (χ0n) is 16.0. The van der Waals surface area contributed by atoms with E-state index in [-0.39, 0.29) is 30.9 Å². The molecule has 1 unspecified atom stereocenters. The minimum atomic E-state index is -0.273. The van der Waals surface area contributed by atoms with Crippen LogP contribution in [0.5, 0.6) is 11.5 Å². The van der Waals surface area contributed by atoms with Crippen molar-refractivity contribution in [1.82, 2.24) is 5.32 Å². The first-order valence-corrected chi connectivity index (χ1v) is 8.99. The SMILES string of the molecule is COc1cccc(CNC(C)c2ccccc2)c1OCc1ccccc1F.Cl. The first-order chi connectivity index (χ1) is 13.2. The maximum atomic E-state index is 13.9. The van der Waals surface area contributed by atoms with E-state index in [0.29, 0.717) is 23.6 Å². The molecule has 0 aliphatic carbocycles. The molecule has 1 N–H and O–H groups in total. The maximum absolute atomic E-state index is 13.9. The van der Waals surface area contributed by atoms with Crippen molar-refractivity contribution in [3.05, 3.63) is 95.3 Å². The number of ether oxygens (including phenoxy) is 2. The van der Waals surface area contributed by atoms with Crippen LogP contribution in [0.1, 0.15) is 29.7 Å². The van der Waals surface area contributed by atoms with Crippen LogP contribution in [-0.4, -0.2) is 7.11 Å². The summed E-state index contributed by atoms with van der Waals surface area (Å²) < 4.78 is 25.3. The summed E-state index contributed by atoms with van der Waals surface area (Å²) in [7, 11) is 1.61. The summed E-state index contributed by atoms with van der Waals surface area (Å²) in [6.07, 6.45) is 0. The lowest BCUT2D eigenvalue weighted by atomic mass is 10.1. The molecule has 3 aromatic carbocycles. The van der Waals surface area contributed by atoms with E-state index in [9.17, 15) is 4.39 Å². The number of methoxy groups -OCH3 is 1. The van der Waals surface area contributed by atoms with Crippen LogP contribution in [0.3, 0.4) is 0 Å². The van der Waals surface area contributed by atoms with E-state index in [2.05, 4.69) is 24.4 Å². The van der Waals surface area contributed by atoms with Crippen molar-refractivity contribution in [3.8, 4) is 11.5 Å². The molecule has 0 aromatic heterocycles. The highest BCUT2D eigenvalue weighted by molar-refractivity contribution is 5.85. The Balaban J connectivity index is 0.00000280. The van der Waals surface area contributed by atoms with E-state index < -0.39 is 0 Å². The van der Waals surface area contributed by atoms with Gasteiger partial charge in [0, 0.05) is 23.7 Å². The number of nitrogens with one attached hydrogen (secondary N) is 1. The van der Waals surface area contributed by atoms with Crippen molar-refractivity contribution < 1.29 is 13.9 Å². The van der Waals surface area contributed by atoms with Gasteiger partial charge in [0.25, 0.3) is 0 Å². The highest BCUT2D eigenvalue weighted by atomic mass is 35.5. The van der Waals surface area contributed by atoms with Crippen molar-refractivity contribution in [2.24, 2.45) is 0 Å². The van der Waals surface area contributed by atoms with E-state index in [0.717, 1.165) is 5.56 Å². The molecule has 0 spiro atoms. The number of hydrogen-bond acceptors (Lipinski definition) is 3. The van der Waals surface area contributed by atoms with Crippen molar-refractivity contribution >= 4 is 12.4 Å². The minimum Gasteiger partial charge on any atom is -0.493 e. The molecule has 0 bridgehead atoms. The largest absolute Gasteiger partial charge is 0.493 e. The van der Waals surface area contributed by atoms with Crippen molar-refractivity contribution in [2.45, 2.75) is 26.1 Å². The molecule has 1 atom stereocenters. The number of para-hydroxylation sites is 1. The summed E-state index contributed by atoms with van der Waals surface area (Å²) in [5.74, 6) is 0.999. The van der Waals surface area contributed by atoms with Gasteiger partial charge < -0.3 is 14.8 Å². The lowest BCUT2D eigenvalue weighted by Gasteiger charge is -2.18. The Bertz CT molecular complexity index is 873. The molecule has 0 saturated heterocycles. The molecule has 0 heterocycles. The molecular weight excluding hydrogens is 377 g/mol. The smallest absolute Gasteiger partial charge is 0.166 e. The van der Waals surface area contributed by atoms with Gasteiger partial charge in [0.05, 0.1) is 7.11 Å². The van der Waals surface area contributed by atoms with E-state index in [1.54, 1.807) is 25.3 Å². The van der Waals surface area contributed by atoms with Gasteiger partial charge in [0.1, 0.15) is 12.4 Å². The van der Waals surface area contributed by atoms with Gasteiger partial charge in [-0.2, -0.15) is 0 Å². The van der Waals surface area contributed by atoms with Gasteiger partial charge in [-0.3, -0.25) is 0 Å². The van der Waals surface area contributed by atoms with Crippen LogP contribution in [0.25, 0.3) is 0 Å². The third-order valence-electron chi connectivity index (χ3n) is 4.51. The van der Waals surface area contributed by atoms with Crippen LogP contribution in [0.15, 0.2) is 72.8 Å². The van der Waals surface area contributed by atoms with Gasteiger partial charge in [-0.1, -0.05) is 60.7 Å². The lowest BCUT2D eigenvalue weighted by Crippen LogP contribution is -2.18. The molecule has 0 fully saturated rings. The van der Waals surface area contributed by atoms with Crippen LogP contribution in [0, 0.1) is 5.82 Å². The van der Waals surface area contributed by atoms with Gasteiger partial charge in [-0.15, -0.1) is 12.4 Å². The van der Waals surface area contributed by atoms with Gasteiger partial charge >= 0.3 is 0 Å². The molecular formula is C23H25ClFNO2. The van der Waals surface area contributed by atoms with Gasteiger partial charge in [0.15, 0.2) is 11.5 Å². The van der Waals surface area contributed by atoms with E-state index in [1.165, 1.54) is 11.6 Å². The zero-order chi connectivity index (χ0) is 19.1. The third-order valence-corrected chi connectivity index (χ3v) is 4.51. The summed E-state index contributed by atoms with van der Waals surface area (Å²) >= 11 is 0. The van der Waals surface area contributed by atoms with E-state index in [4.69, 9.17) is 9.47 Å². The number of rotatable bonds is 8. The zero-order valence-corrected chi connectivity index (χ0v) is 16.8. The molecule has 3 nitrogen and oxygen atoms in total. The predicted molar refractivity (Wildman–Crippen MR) is 113 cm³/mol. The van der Waals surface area contributed by atoms with Gasteiger partial charge in [0.2, 0.25) is 0 Å². The predicted octanol–water partition coefficient (Wildman–Crippen LogP) is 5.69. The summed E-state index contributed by atoms with van der Waals surface area (Å²) in [5, 5.41) is 3.51. The second kappa shape index (κ2) is 10.7. The molecule has 0 radical (unpaired) electrons. The van der Waals surface area contributed by atoms with Crippen LogP contribution in [0.2, 0.25) is 0 Å². The monoisotopic (exact) mass is 401 g/mol. The quantitative estimate of drug-likeness (QED) is 0.526. The Kier molecular flexibility index (Phi) is 8.30. The van der Waals surface area contributed by atoms with Gasteiger partial charge in [-0.25, -0.2) is 4.39 Å². The molecule has 0 amide bonds. The van der Waals surface area contributed by atoms with Crippen molar-refractivity contribution in [1.29, 1.82) is 0 Å². The number of benzene rings is 3. The highest BCUT2D eigenvalue weighted by Gasteiger charge is 2.13. The average Bonchev–Trinajstić information content (AvgIpc) is 2.72. The van der Waals surface area contributed by atoms with Crippen molar-refractivity contribution in [3.63, 3.8) is 0 Å². The van der Waals surface area contributed by atoms with Crippen molar-refractivity contribution in [2.75, 3.05) is 7.11 Å². The highest BCUT2D eigenvalue weighted by Crippen LogP contribution is 2.32. The Morgan fingerprint density at radius 2 is 1.57 bits per heavy atom. The fourth-order valence-electron chi connectivity index (χ4n) is 2.91. The second-order valence-corrected chi connectivity index (χ2v) is 6.34. The second-order valence-electron chi connectivity index (χ2n) is 6.34. The van der Waals surface area contributed by atoms with Gasteiger partial charge in [-0.05, 0) is 24.6 Å². The number of hydrogen-bond donors (Lipinski definition) is 1. The fourth-order valence-corrected chi connectivity index (χ4v) is 2.91. The minimum absolute atomic E-state index is 0. The first-order valence-electron chi connectivity index (χ1n) is 8.99. The van der Waals surface area contributed by atoms with Crippen LogP contribution in [-0.2, 0) is 13.2 Å². The Hall–Kier alpha value is -2.56. The van der Waals surface area contributed by atoms with E-state index >= 15 is 0 Å². The van der Waals surface area contributed by atoms with Crippen LogP contribution < -0.4 is 14.8 Å². The fraction of sp³-hybridized carbons (Fsp3) is 0.217. The molecule has 0 aliphatic heterocycles. The summed E-state index contributed by atoms with van der Waals surface area (Å²) in [4.78, 5) is 0. The summed E-state index contributed by atoms with van der Waals surface area (Å²) in [6, 6.07) is 22.8. The van der Waals surface area contributed by atoms with Crippen LogP contribution >= 0.6 is 12.4 Å². The summed E-state index contributed by atoms with van der Waals surface area (Å²) in [5.41, 5.74) is 2.70. The topological polar surface area (TPSA) is 30.5 Å². The summed E-state index contributed by atoms with van der Waals surface area (Å²) in [6.45, 7) is 2.88. The molecule has 0 saturated carbocycles. The third kappa shape index (κ3) is 5.47.